The smallest absolute Gasteiger partial charge is 0.255 e. The van der Waals surface area contributed by atoms with Crippen molar-refractivity contribution in [2.45, 2.75) is 4.90 Å². The second-order valence-corrected chi connectivity index (χ2v) is 8.05. The third-order valence-electron chi connectivity index (χ3n) is 4.07. The quantitative estimate of drug-likeness (QED) is 0.705. The number of nitrogens with zero attached hydrogens (tertiary/aromatic N) is 2. The van der Waals surface area contributed by atoms with Crippen LogP contribution in [0.5, 0.6) is 0 Å². The monoisotopic (exact) mass is 384 g/mol. The van der Waals surface area contributed by atoms with E-state index in [1.807, 2.05) is 43.3 Å². The van der Waals surface area contributed by atoms with Crippen LogP contribution in [0.25, 0.3) is 10.9 Å². The normalized spacial score (nSPS) is 11.4. The van der Waals surface area contributed by atoms with E-state index in [0.717, 1.165) is 16.7 Å². The molecule has 0 aliphatic heterocycles. The van der Waals surface area contributed by atoms with E-state index in [1.54, 1.807) is 12.1 Å². The van der Waals surface area contributed by atoms with Gasteiger partial charge in [0.15, 0.2) is 0 Å². The molecule has 2 N–H and O–H groups in total. The Kier molecular flexibility index (Phi) is 5.11. The summed E-state index contributed by atoms with van der Waals surface area (Å²) < 4.78 is 26.0. The summed E-state index contributed by atoms with van der Waals surface area (Å²) >= 11 is 0. The SMILES string of the molecule is CNS(=O)(=O)c1cccc(C(=O)Nc2ccc3nc(N(C)C)ccc3c2)c1. The first-order valence-electron chi connectivity index (χ1n) is 8.23. The summed E-state index contributed by atoms with van der Waals surface area (Å²) in [6, 6.07) is 15.1. The highest BCUT2D eigenvalue weighted by Crippen LogP contribution is 2.21. The molecule has 8 heteroatoms. The van der Waals surface area contributed by atoms with Crippen LogP contribution in [0.2, 0.25) is 0 Å². The van der Waals surface area contributed by atoms with E-state index in [1.165, 1.54) is 25.2 Å². The highest BCUT2D eigenvalue weighted by molar-refractivity contribution is 7.89. The molecule has 3 rings (SSSR count). The third-order valence-corrected chi connectivity index (χ3v) is 5.48. The van der Waals surface area contributed by atoms with Gasteiger partial charge in [-0.15, -0.1) is 0 Å². The zero-order valence-corrected chi connectivity index (χ0v) is 16.0. The first-order chi connectivity index (χ1) is 12.8. The van der Waals surface area contributed by atoms with Gasteiger partial charge in [-0.25, -0.2) is 18.1 Å². The molecule has 0 unspecified atom stereocenters. The van der Waals surface area contributed by atoms with Crippen LogP contribution in [0.3, 0.4) is 0 Å². The molecule has 7 nitrogen and oxygen atoms in total. The molecular formula is C19H20N4O3S. The lowest BCUT2D eigenvalue weighted by atomic mass is 10.1. The number of carbonyl (C=O) groups excluding carboxylic acids is 1. The Labute approximate surface area is 158 Å². The molecular weight excluding hydrogens is 364 g/mol. The van der Waals surface area contributed by atoms with Crippen molar-refractivity contribution >= 4 is 38.3 Å². The van der Waals surface area contributed by atoms with Gasteiger partial charge in [0.25, 0.3) is 5.91 Å². The fraction of sp³-hybridized carbons (Fsp3) is 0.158. The number of amides is 1. The Morgan fingerprint density at radius 2 is 1.81 bits per heavy atom. The van der Waals surface area contributed by atoms with Crippen molar-refractivity contribution in [2.75, 3.05) is 31.4 Å². The Hall–Kier alpha value is -2.97. The number of sulfonamides is 1. The van der Waals surface area contributed by atoms with Gasteiger partial charge in [0.1, 0.15) is 5.82 Å². The van der Waals surface area contributed by atoms with Crippen LogP contribution in [0.15, 0.2) is 59.5 Å². The highest BCUT2D eigenvalue weighted by atomic mass is 32.2. The lowest BCUT2D eigenvalue weighted by Gasteiger charge is -2.12. The topological polar surface area (TPSA) is 91.4 Å². The predicted molar refractivity (Wildman–Crippen MR) is 107 cm³/mol. The maximum absolute atomic E-state index is 12.5. The van der Waals surface area contributed by atoms with Crippen LogP contribution in [0.1, 0.15) is 10.4 Å². The van der Waals surface area contributed by atoms with Gasteiger partial charge < -0.3 is 10.2 Å². The van der Waals surface area contributed by atoms with Crippen LogP contribution in [0, 0.1) is 0 Å². The summed E-state index contributed by atoms with van der Waals surface area (Å²) in [5.41, 5.74) is 1.68. The average Bonchev–Trinajstić information content (AvgIpc) is 2.67. The van der Waals surface area contributed by atoms with Crippen LogP contribution in [-0.2, 0) is 10.0 Å². The number of hydrogen-bond donors (Lipinski definition) is 2. The molecule has 2 aromatic carbocycles. The Morgan fingerprint density at radius 3 is 2.52 bits per heavy atom. The first-order valence-corrected chi connectivity index (χ1v) is 9.71. The van der Waals surface area contributed by atoms with E-state index in [4.69, 9.17) is 0 Å². The minimum Gasteiger partial charge on any atom is -0.363 e. The van der Waals surface area contributed by atoms with E-state index < -0.39 is 10.0 Å². The molecule has 3 aromatic rings. The molecule has 0 saturated carbocycles. The number of hydrogen-bond acceptors (Lipinski definition) is 5. The number of nitrogens with one attached hydrogen (secondary N) is 2. The summed E-state index contributed by atoms with van der Waals surface area (Å²) in [6.07, 6.45) is 0. The largest absolute Gasteiger partial charge is 0.363 e. The van der Waals surface area contributed by atoms with Gasteiger partial charge in [-0.2, -0.15) is 0 Å². The van der Waals surface area contributed by atoms with Crippen molar-refractivity contribution in [3.8, 4) is 0 Å². The van der Waals surface area contributed by atoms with Crippen molar-refractivity contribution in [3.05, 3.63) is 60.2 Å². The molecule has 0 saturated heterocycles. The number of anilines is 2. The first kappa shape index (κ1) is 18.8. The number of carbonyl (C=O) groups is 1. The van der Waals surface area contributed by atoms with E-state index in [9.17, 15) is 13.2 Å². The molecule has 0 spiro atoms. The Morgan fingerprint density at radius 1 is 1.04 bits per heavy atom. The Bertz CT molecular complexity index is 1110. The number of aromatic nitrogens is 1. The number of benzene rings is 2. The Balaban J connectivity index is 1.86. The fourth-order valence-corrected chi connectivity index (χ4v) is 3.34. The molecule has 140 valence electrons. The van der Waals surface area contributed by atoms with Gasteiger partial charge >= 0.3 is 0 Å². The minimum atomic E-state index is -3.61. The van der Waals surface area contributed by atoms with E-state index in [0.29, 0.717) is 5.69 Å². The maximum Gasteiger partial charge on any atom is 0.255 e. The zero-order valence-electron chi connectivity index (χ0n) is 15.2. The lowest BCUT2D eigenvalue weighted by Crippen LogP contribution is -2.19. The molecule has 0 aliphatic carbocycles. The van der Waals surface area contributed by atoms with Gasteiger partial charge in [0, 0.05) is 30.7 Å². The van der Waals surface area contributed by atoms with Gasteiger partial charge in [-0.05, 0) is 55.6 Å². The number of rotatable bonds is 5. The number of pyridine rings is 1. The molecule has 0 aliphatic rings. The van der Waals surface area contributed by atoms with Crippen molar-refractivity contribution in [1.82, 2.24) is 9.71 Å². The van der Waals surface area contributed by atoms with Gasteiger partial charge in [-0.3, -0.25) is 4.79 Å². The lowest BCUT2D eigenvalue weighted by molar-refractivity contribution is 0.102. The van der Waals surface area contributed by atoms with Crippen LogP contribution in [-0.4, -0.2) is 40.5 Å². The van der Waals surface area contributed by atoms with Gasteiger partial charge in [-0.1, -0.05) is 6.07 Å². The summed E-state index contributed by atoms with van der Waals surface area (Å²) in [5.74, 6) is 0.460. The molecule has 1 heterocycles. The standard InChI is InChI=1S/C19H20N4O3S/c1-20-27(25,26)16-6-4-5-14(12-16)19(24)21-15-8-9-17-13(11-15)7-10-18(22-17)23(2)3/h4-12,20H,1-3H3,(H,21,24). The van der Waals surface area contributed by atoms with E-state index >= 15 is 0 Å². The van der Waals surface area contributed by atoms with Crippen molar-refractivity contribution < 1.29 is 13.2 Å². The highest BCUT2D eigenvalue weighted by Gasteiger charge is 2.14. The molecule has 27 heavy (non-hydrogen) atoms. The fourth-order valence-electron chi connectivity index (χ4n) is 2.57. The van der Waals surface area contributed by atoms with Crippen molar-refractivity contribution in [2.24, 2.45) is 0 Å². The summed E-state index contributed by atoms with van der Waals surface area (Å²) in [5, 5.41) is 3.69. The van der Waals surface area contributed by atoms with Crippen LogP contribution >= 0.6 is 0 Å². The molecule has 0 fully saturated rings. The summed E-state index contributed by atoms with van der Waals surface area (Å²) in [7, 11) is 1.56. The molecule has 1 aromatic heterocycles. The second kappa shape index (κ2) is 7.34. The van der Waals surface area contributed by atoms with E-state index in [-0.39, 0.29) is 16.4 Å². The molecule has 1 amide bonds. The minimum absolute atomic E-state index is 0.0385. The van der Waals surface area contributed by atoms with E-state index in [2.05, 4.69) is 15.0 Å². The zero-order chi connectivity index (χ0) is 19.6. The third kappa shape index (κ3) is 4.07. The summed E-state index contributed by atoms with van der Waals surface area (Å²) in [6.45, 7) is 0. The number of fused-ring (bicyclic) bond motifs is 1. The molecule has 0 atom stereocenters. The molecule has 0 bridgehead atoms. The summed E-state index contributed by atoms with van der Waals surface area (Å²) in [4.78, 5) is 19.0. The van der Waals surface area contributed by atoms with Crippen molar-refractivity contribution in [3.63, 3.8) is 0 Å². The molecule has 0 radical (unpaired) electrons. The van der Waals surface area contributed by atoms with Crippen molar-refractivity contribution in [1.29, 1.82) is 0 Å². The second-order valence-electron chi connectivity index (χ2n) is 6.16. The average molecular weight is 384 g/mol. The maximum atomic E-state index is 12.5. The predicted octanol–water partition coefficient (Wildman–Crippen LogP) is 2.46. The van der Waals surface area contributed by atoms with Crippen LogP contribution < -0.4 is 14.9 Å². The van der Waals surface area contributed by atoms with Crippen LogP contribution in [0.4, 0.5) is 11.5 Å². The van der Waals surface area contributed by atoms with Gasteiger partial charge in [0.2, 0.25) is 10.0 Å². The van der Waals surface area contributed by atoms with Gasteiger partial charge in [0.05, 0.1) is 10.4 Å².